The summed E-state index contributed by atoms with van der Waals surface area (Å²) in [7, 11) is 0. The van der Waals surface area contributed by atoms with Crippen LogP contribution in [0, 0.1) is 5.92 Å². The fourth-order valence-corrected chi connectivity index (χ4v) is 1.18. The summed E-state index contributed by atoms with van der Waals surface area (Å²) in [5.41, 5.74) is 0. The van der Waals surface area contributed by atoms with E-state index in [0.29, 0.717) is 12.5 Å². The molecule has 0 aromatic rings. The van der Waals surface area contributed by atoms with Gasteiger partial charge in [0.05, 0.1) is 0 Å². The Kier molecular flexibility index (Phi) is 5.77. The maximum atomic E-state index is 9.93. The Bertz CT molecular complexity index is 67.2. The van der Waals surface area contributed by atoms with Crippen molar-refractivity contribution in [3.8, 4) is 0 Å². The molecule has 0 aliphatic rings. The molecule has 0 aromatic heterocycles. The molecule has 0 amide bonds. The molecule has 0 spiro atoms. The molecule has 0 aliphatic heterocycles. The van der Waals surface area contributed by atoms with E-state index in [9.17, 15) is 6.87 Å². The van der Waals surface area contributed by atoms with E-state index < -0.39 is 21.1 Å². The molecule has 0 heterocycles. The molecule has 0 saturated carbocycles. The largest absolute Gasteiger partial charge is 0.506 e. The van der Waals surface area contributed by atoms with Crippen molar-refractivity contribution in [2.24, 2.45) is 5.92 Å². The van der Waals surface area contributed by atoms with Gasteiger partial charge in [0, 0.05) is 0 Å². The summed E-state index contributed by atoms with van der Waals surface area (Å²) in [6, 6.07) is 0. The fraction of sp³-hybridized carbons (Fsp3) is 1.00. The molecule has 0 rings (SSSR count). The molecule has 1 atom stereocenters. The summed E-state index contributed by atoms with van der Waals surface area (Å²) in [6.45, 7) is 4.32. The van der Waals surface area contributed by atoms with Gasteiger partial charge in [-0.1, -0.05) is 20.3 Å². The molecule has 0 fully saturated rings. The van der Waals surface area contributed by atoms with Gasteiger partial charge in [0.15, 0.2) is 0 Å². The second kappa shape index (κ2) is 5.40. The Hall–Kier alpha value is 0.610. The van der Waals surface area contributed by atoms with Gasteiger partial charge in [-0.2, -0.15) is 0 Å². The Morgan fingerprint density at radius 1 is 1.56 bits per heavy atom. The van der Waals surface area contributed by atoms with E-state index in [1.54, 1.807) is 0 Å². The van der Waals surface area contributed by atoms with Crippen LogP contribution in [0.5, 0.6) is 0 Å². The van der Waals surface area contributed by atoms with Crippen LogP contribution >= 0.6 is 0 Å². The number of hydrogen-bond acceptors (Lipinski definition) is 3. The van der Waals surface area contributed by atoms with Gasteiger partial charge in [-0.3, -0.25) is 0 Å². The van der Waals surface area contributed by atoms with E-state index in [0.717, 1.165) is 6.42 Å². The summed E-state index contributed by atoms with van der Waals surface area (Å²) < 4.78 is 24.3. The SMILES string of the molecule is CCC(C)CO[I+2]([O-])[O-]. The first-order chi connectivity index (χ1) is 4.16. The van der Waals surface area contributed by atoms with E-state index in [-0.39, 0.29) is 0 Å². The molecule has 0 aliphatic carbocycles. The number of rotatable bonds is 4. The number of hydrogen-bond donors (Lipinski definition) is 0. The van der Waals surface area contributed by atoms with Gasteiger partial charge in [-0.15, -0.1) is 0 Å². The van der Waals surface area contributed by atoms with Crippen molar-refractivity contribution in [1.29, 1.82) is 0 Å². The standard InChI is InChI=1S/C5H11IO3/c1-3-5(2)4-9-6(7)8/h5H,3-4H2,1-2H3. The molecule has 1 unspecified atom stereocenters. The van der Waals surface area contributed by atoms with Crippen molar-refractivity contribution in [1.82, 2.24) is 0 Å². The summed E-state index contributed by atoms with van der Waals surface area (Å²) in [6.07, 6.45) is 0.962. The lowest BCUT2D eigenvalue weighted by Crippen LogP contribution is -3.99. The third-order valence-electron chi connectivity index (χ3n) is 1.13. The monoisotopic (exact) mass is 246 g/mol. The van der Waals surface area contributed by atoms with Gasteiger partial charge >= 0.3 is 21.1 Å². The lowest BCUT2D eigenvalue weighted by Gasteiger charge is -2.00. The zero-order valence-corrected chi connectivity index (χ0v) is 7.75. The van der Waals surface area contributed by atoms with Gasteiger partial charge in [0.2, 0.25) is 0 Å². The Balaban J connectivity index is 3.06. The van der Waals surface area contributed by atoms with Crippen LogP contribution in [0.25, 0.3) is 0 Å². The van der Waals surface area contributed by atoms with Crippen LogP contribution in [0.15, 0.2) is 0 Å². The van der Waals surface area contributed by atoms with Crippen LogP contribution < -0.4 is 27.9 Å². The topological polar surface area (TPSA) is 55.3 Å². The summed E-state index contributed by atoms with van der Waals surface area (Å²) in [5, 5.41) is 0. The van der Waals surface area contributed by atoms with E-state index in [4.69, 9.17) is 0 Å². The molecule has 0 radical (unpaired) electrons. The highest BCUT2D eigenvalue weighted by Crippen LogP contribution is 1.96. The van der Waals surface area contributed by atoms with Gasteiger partial charge in [0.1, 0.15) is 6.61 Å². The highest BCUT2D eigenvalue weighted by Gasteiger charge is 2.13. The zero-order valence-electron chi connectivity index (χ0n) is 5.59. The Morgan fingerprint density at radius 3 is 2.44 bits per heavy atom. The van der Waals surface area contributed by atoms with Crippen LogP contribution in [0.3, 0.4) is 0 Å². The van der Waals surface area contributed by atoms with Crippen LogP contribution in [-0.2, 0) is 3.07 Å². The molecule has 9 heavy (non-hydrogen) atoms. The Labute approximate surface area is 64.1 Å². The van der Waals surface area contributed by atoms with Crippen molar-refractivity contribution in [3.05, 3.63) is 0 Å². The smallest absolute Gasteiger partial charge is 0.396 e. The highest BCUT2D eigenvalue weighted by atomic mass is 127. The van der Waals surface area contributed by atoms with Gasteiger partial charge in [0.25, 0.3) is 0 Å². The molecular formula is C5H11IO3. The Morgan fingerprint density at radius 2 is 2.11 bits per heavy atom. The fourth-order valence-electron chi connectivity index (χ4n) is 0.277. The van der Waals surface area contributed by atoms with Crippen molar-refractivity contribution < 1.29 is 31.0 Å². The minimum absolute atomic E-state index is 0.354. The average Bonchev–Trinajstić information content (AvgIpc) is 1.83. The molecule has 3 nitrogen and oxygen atoms in total. The molecule has 4 heteroatoms. The van der Waals surface area contributed by atoms with Crippen molar-refractivity contribution in [3.63, 3.8) is 0 Å². The van der Waals surface area contributed by atoms with Gasteiger partial charge in [-0.05, 0) is 8.98 Å². The van der Waals surface area contributed by atoms with Crippen molar-refractivity contribution >= 4 is 0 Å². The van der Waals surface area contributed by atoms with E-state index in [2.05, 4.69) is 3.07 Å². The van der Waals surface area contributed by atoms with Crippen LogP contribution in [0.1, 0.15) is 20.3 Å². The van der Waals surface area contributed by atoms with Crippen LogP contribution in [0.2, 0.25) is 0 Å². The third kappa shape index (κ3) is 6.50. The van der Waals surface area contributed by atoms with Crippen molar-refractivity contribution in [2.75, 3.05) is 6.61 Å². The normalized spacial score (nSPS) is 14.3. The van der Waals surface area contributed by atoms with Crippen molar-refractivity contribution in [2.45, 2.75) is 20.3 Å². The molecule has 0 aromatic carbocycles. The second-order valence-electron chi connectivity index (χ2n) is 1.98. The van der Waals surface area contributed by atoms with E-state index in [1.807, 2.05) is 13.8 Å². The van der Waals surface area contributed by atoms with Crippen LogP contribution in [-0.4, -0.2) is 6.61 Å². The van der Waals surface area contributed by atoms with Gasteiger partial charge < -0.3 is 6.87 Å². The first-order valence-corrected chi connectivity index (χ1v) is 5.49. The van der Waals surface area contributed by atoms with Gasteiger partial charge in [-0.25, -0.2) is 0 Å². The summed E-state index contributed by atoms with van der Waals surface area (Å²) in [5.74, 6) is 0.354. The minimum Gasteiger partial charge on any atom is -0.396 e. The lowest BCUT2D eigenvalue weighted by molar-refractivity contribution is -1.63. The van der Waals surface area contributed by atoms with E-state index >= 15 is 0 Å². The first-order valence-electron chi connectivity index (χ1n) is 2.85. The average molecular weight is 246 g/mol. The molecular weight excluding hydrogens is 235 g/mol. The predicted octanol–water partition coefficient (Wildman–Crippen LogP) is -3.86. The highest BCUT2D eigenvalue weighted by molar-refractivity contribution is 4.42. The first kappa shape index (κ1) is 9.61. The third-order valence-corrected chi connectivity index (χ3v) is 2.00. The predicted molar refractivity (Wildman–Crippen MR) is 25.4 cm³/mol. The second-order valence-corrected chi connectivity index (χ2v) is 3.68. The van der Waals surface area contributed by atoms with Crippen LogP contribution in [0.4, 0.5) is 0 Å². The minimum atomic E-state index is -3.39. The molecule has 0 bridgehead atoms. The van der Waals surface area contributed by atoms with E-state index in [1.165, 1.54) is 0 Å². The summed E-state index contributed by atoms with van der Waals surface area (Å²) >= 11 is -3.39. The zero-order chi connectivity index (χ0) is 7.28. The number of halogens is 1. The molecule has 56 valence electrons. The molecule has 0 N–H and O–H groups in total. The molecule has 0 saturated heterocycles. The lowest BCUT2D eigenvalue weighted by atomic mass is 10.1. The maximum Gasteiger partial charge on any atom is 0.506 e. The summed E-state index contributed by atoms with van der Waals surface area (Å²) in [4.78, 5) is 0. The maximum absolute atomic E-state index is 9.93. The quantitative estimate of drug-likeness (QED) is 0.477.